The third kappa shape index (κ3) is 3.20. The number of hydrogen-bond acceptors (Lipinski definition) is 4. The molecule has 5 nitrogen and oxygen atoms in total. The first kappa shape index (κ1) is 16.4. The molecule has 1 aromatic heterocycles. The minimum atomic E-state index is -0.384. The normalized spacial score (nSPS) is 13.9. The van der Waals surface area contributed by atoms with E-state index in [-0.39, 0.29) is 23.1 Å². The number of para-hydroxylation sites is 1. The Morgan fingerprint density at radius 1 is 1.19 bits per heavy atom. The second kappa shape index (κ2) is 6.67. The molecule has 1 aliphatic rings. The lowest BCUT2D eigenvalue weighted by Crippen LogP contribution is -2.34. The minimum Gasteiger partial charge on any atom is -0.493 e. The SMILES string of the molecule is CC(Cc1ccc2c(c1)CCO2)NC(=O)c1cc(=O)c2ccccc2o1. The number of hydrogen-bond donors (Lipinski definition) is 1. The van der Waals surface area contributed by atoms with Crippen LogP contribution in [0.25, 0.3) is 11.0 Å². The van der Waals surface area contributed by atoms with Gasteiger partial charge in [0, 0.05) is 18.5 Å². The summed E-state index contributed by atoms with van der Waals surface area (Å²) < 4.78 is 11.1. The molecule has 3 aromatic rings. The standard InChI is InChI=1S/C21H19NO4/c1-13(10-14-6-7-18-15(11-14)8-9-25-18)22-21(24)20-12-17(23)16-4-2-3-5-19(16)26-20/h2-7,11-13H,8-10H2,1H3,(H,22,24). The summed E-state index contributed by atoms with van der Waals surface area (Å²) in [4.78, 5) is 24.6. The molecule has 5 heteroatoms. The van der Waals surface area contributed by atoms with Crippen molar-refractivity contribution in [1.82, 2.24) is 5.32 Å². The van der Waals surface area contributed by atoms with Crippen molar-refractivity contribution in [2.24, 2.45) is 0 Å². The van der Waals surface area contributed by atoms with Gasteiger partial charge in [-0.1, -0.05) is 24.3 Å². The molecule has 26 heavy (non-hydrogen) atoms. The van der Waals surface area contributed by atoms with Gasteiger partial charge in [0.25, 0.3) is 5.91 Å². The van der Waals surface area contributed by atoms with Crippen molar-refractivity contribution in [2.75, 3.05) is 6.61 Å². The number of ether oxygens (including phenoxy) is 1. The summed E-state index contributed by atoms with van der Waals surface area (Å²) in [7, 11) is 0. The summed E-state index contributed by atoms with van der Waals surface area (Å²) in [5.74, 6) is 0.594. The molecule has 0 saturated carbocycles. The lowest BCUT2D eigenvalue weighted by atomic mass is 10.0. The summed E-state index contributed by atoms with van der Waals surface area (Å²) in [6.45, 7) is 2.66. The maximum Gasteiger partial charge on any atom is 0.287 e. The number of nitrogens with one attached hydrogen (secondary N) is 1. The summed E-state index contributed by atoms with van der Waals surface area (Å²) in [6.07, 6.45) is 1.61. The molecule has 0 radical (unpaired) electrons. The van der Waals surface area contributed by atoms with Crippen molar-refractivity contribution in [3.63, 3.8) is 0 Å². The number of fused-ring (bicyclic) bond motifs is 2. The number of amides is 1. The zero-order valence-corrected chi connectivity index (χ0v) is 14.5. The topological polar surface area (TPSA) is 68.5 Å². The highest BCUT2D eigenvalue weighted by atomic mass is 16.5. The van der Waals surface area contributed by atoms with Crippen LogP contribution in [0, 0.1) is 0 Å². The second-order valence-corrected chi connectivity index (χ2v) is 6.59. The predicted molar refractivity (Wildman–Crippen MR) is 98.8 cm³/mol. The Bertz CT molecular complexity index is 1040. The van der Waals surface area contributed by atoms with Gasteiger partial charge < -0.3 is 14.5 Å². The van der Waals surface area contributed by atoms with Gasteiger partial charge in [0.1, 0.15) is 11.3 Å². The molecule has 0 saturated heterocycles. The summed E-state index contributed by atoms with van der Waals surface area (Å²) in [6, 6.07) is 14.2. The van der Waals surface area contributed by atoms with E-state index in [0.29, 0.717) is 17.4 Å². The van der Waals surface area contributed by atoms with Gasteiger partial charge in [-0.05, 0) is 42.7 Å². The molecule has 132 valence electrons. The van der Waals surface area contributed by atoms with Gasteiger partial charge in [-0.2, -0.15) is 0 Å². The molecule has 1 aliphatic heterocycles. The smallest absolute Gasteiger partial charge is 0.287 e. The number of benzene rings is 2. The highest BCUT2D eigenvalue weighted by molar-refractivity contribution is 5.93. The Kier molecular flexibility index (Phi) is 4.21. The number of carbonyl (C=O) groups excluding carboxylic acids is 1. The van der Waals surface area contributed by atoms with Crippen LogP contribution in [0.2, 0.25) is 0 Å². The first-order valence-electron chi connectivity index (χ1n) is 8.68. The van der Waals surface area contributed by atoms with E-state index in [9.17, 15) is 9.59 Å². The predicted octanol–water partition coefficient (Wildman–Crippen LogP) is 3.09. The molecular weight excluding hydrogens is 330 g/mol. The first-order chi connectivity index (χ1) is 12.6. The van der Waals surface area contributed by atoms with Gasteiger partial charge in [-0.15, -0.1) is 0 Å². The summed E-state index contributed by atoms with van der Waals surface area (Å²) >= 11 is 0. The molecule has 1 unspecified atom stereocenters. The first-order valence-corrected chi connectivity index (χ1v) is 8.68. The van der Waals surface area contributed by atoms with Crippen LogP contribution < -0.4 is 15.5 Å². The largest absolute Gasteiger partial charge is 0.493 e. The van der Waals surface area contributed by atoms with Crippen molar-refractivity contribution >= 4 is 16.9 Å². The molecule has 1 atom stereocenters. The van der Waals surface area contributed by atoms with E-state index in [1.54, 1.807) is 24.3 Å². The van der Waals surface area contributed by atoms with Crippen molar-refractivity contribution in [3.8, 4) is 5.75 Å². The Balaban J connectivity index is 1.48. The zero-order chi connectivity index (χ0) is 18.1. The molecule has 1 N–H and O–H groups in total. The Labute approximate surface area is 150 Å². The van der Waals surface area contributed by atoms with E-state index in [0.717, 1.165) is 24.3 Å². The summed E-state index contributed by atoms with van der Waals surface area (Å²) in [5.41, 5.74) is 2.54. The van der Waals surface area contributed by atoms with Crippen molar-refractivity contribution < 1.29 is 13.9 Å². The van der Waals surface area contributed by atoms with Gasteiger partial charge >= 0.3 is 0 Å². The lowest BCUT2D eigenvalue weighted by Gasteiger charge is -2.14. The van der Waals surface area contributed by atoms with Gasteiger partial charge in [-0.25, -0.2) is 0 Å². The highest BCUT2D eigenvalue weighted by Gasteiger charge is 2.16. The average molecular weight is 349 g/mol. The Morgan fingerprint density at radius 3 is 2.92 bits per heavy atom. The molecule has 2 aromatic carbocycles. The van der Waals surface area contributed by atoms with Crippen LogP contribution in [-0.4, -0.2) is 18.6 Å². The fraction of sp³-hybridized carbons (Fsp3) is 0.238. The molecule has 4 rings (SSSR count). The van der Waals surface area contributed by atoms with Crippen LogP contribution in [0.15, 0.2) is 57.7 Å². The second-order valence-electron chi connectivity index (χ2n) is 6.59. The molecule has 0 aliphatic carbocycles. The van der Waals surface area contributed by atoms with Crippen LogP contribution in [0.5, 0.6) is 5.75 Å². The monoisotopic (exact) mass is 349 g/mol. The van der Waals surface area contributed by atoms with Crippen LogP contribution >= 0.6 is 0 Å². The fourth-order valence-electron chi connectivity index (χ4n) is 3.28. The van der Waals surface area contributed by atoms with Crippen molar-refractivity contribution in [2.45, 2.75) is 25.8 Å². The van der Waals surface area contributed by atoms with Gasteiger partial charge in [-0.3, -0.25) is 9.59 Å². The molecule has 0 spiro atoms. The van der Waals surface area contributed by atoms with E-state index in [2.05, 4.69) is 11.4 Å². The third-order valence-electron chi connectivity index (χ3n) is 4.53. The molecule has 0 fully saturated rings. The Morgan fingerprint density at radius 2 is 2.04 bits per heavy atom. The van der Waals surface area contributed by atoms with Gasteiger partial charge in [0.05, 0.1) is 12.0 Å². The Hall–Kier alpha value is -3.08. The van der Waals surface area contributed by atoms with Crippen LogP contribution in [-0.2, 0) is 12.8 Å². The maximum atomic E-state index is 12.5. The van der Waals surface area contributed by atoms with Crippen LogP contribution in [0.1, 0.15) is 28.6 Å². The number of rotatable bonds is 4. The lowest BCUT2D eigenvalue weighted by molar-refractivity contribution is 0.0912. The minimum absolute atomic E-state index is 0.0305. The van der Waals surface area contributed by atoms with Crippen molar-refractivity contribution in [1.29, 1.82) is 0 Å². The van der Waals surface area contributed by atoms with Crippen LogP contribution in [0.4, 0.5) is 0 Å². The maximum absolute atomic E-state index is 12.5. The molecule has 1 amide bonds. The van der Waals surface area contributed by atoms with Gasteiger partial charge in [0.15, 0.2) is 11.2 Å². The molecular formula is C21H19NO4. The summed E-state index contributed by atoms with van der Waals surface area (Å²) in [5, 5.41) is 3.37. The average Bonchev–Trinajstić information content (AvgIpc) is 3.09. The van der Waals surface area contributed by atoms with E-state index in [4.69, 9.17) is 9.15 Å². The zero-order valence-electron chi connectivity index (χ0n) is 14.5. The number of carbonyl (C=O) groups is 1. The molecule has 0 bridgehead atoms. The fourth-order valence-corrected chi connectivity index (χ4v) is 3.28. The van der Waals surface area contributed by atoms with Crippen LogP contribution in [0.3, 0.4) is 0 Å². The van der Waals surface area contributed by atoms with Crippen molar-refractivity contribution in [3.05, 3.63) is 75.6 Å². The third-order valence-corrected chi connectivity index (χ3v) is 4.53. The van der Waals surface area contributed by atoms with E-state index < -0.39 is 0 Å². The molecule has 2 heterocycles. The quantitative estimate of drug-likeness (QED) is 0.786. The van der Waals surface area contributed by atoms with E-state index >= 15 is 0 Å². The van der Waals surface area contributed by atoms with E-state index in [1.807, 2.05) is 19.1 Å². The van der Waals surface area contributed by atoms with E-state index in [1.165, 1.54) is 11.6 Å². The highest BCUT2D eigenvalue weighted by Crippen LogP contribution is 2.26. The van der Waals surface area contributed by atoms with Gasteiger partial charge in [0.2, 0.25) is 0 Å².